The van der Waals surface area contributed by atoms with E-state index in [1.165, 1.54) is 0 Å². The summed E-state index contributed by atoms with van der Waals surface area (Å²) in [6, 6.07) is 6.68. The molecule has 1 aliphatic rings. The number of carboxylic acids is 1. The highest BCUT2D eigenvalue weighted by atomic mass is 35.5. The highest BCUT2D eigenvalue weighted by Gasteiger charge is 2.25. The second-order valence-corrected chi connectivity index (χ2v) is 4.51. The van der Waals surface area contributed by atoms with E-state index in [1.54, 1.807) is 24.3 Å². The first-order valence-corrected chi connectivity index (χ1v) is 5.98. The number of hydrogen-bond acceptors (Lipinski definition) is 2. The Hall–Kier alpha value is -1.81. The van der Waals surface area contributed by atoms with Gasteiger partial charge in [-0.2, -0.15) is 0 Å². The summed E-state index contributed by atoms with van der Waals surface area (Å²) < 4.78 is 0. The molecule has 18 heavy (non-hydrogen) atoms. The van der Waals surface area contributed by atoms with Gasteiger partial charge in [0, 0.05) is 21.9 Å². The minimum atomic E-state index is -1.01. The second kappa shape index (κ2) is 5.23. The second-order valence-electron chi connectivity index (χ2n) is 4.08. The molecule has 0 spiro atoms. The molecule has 0 aliphatic heterocycles. The first-order chi connectivity index (χ1) is 8.58. The van der Waals surface area contributed by atoms with Crippen LogP contribution in [0.15, 0.2) is 35.4 Å². The highest BCUT2D eigenvalue weighted by molar-refractivity contribution is 6.30. The molecule has 1 aromatic carbocycles. The number of halogens is 1. The lowest BCUT2D eigenvalue weighted by Gasteiger charge is -2.07. The summed E-state index contributed by atoms with van der Waals surface area (Å²) in [6.45, 7) is 0. The third-order valence-corrected chi connectivity index (χ3v) is 3.10. The zero-order valence-corrected chi connectivity index (χ0v) is 10.3. The Morgan fingerprint density at radius 3 is 2.33 bits per heavy atom. The van der Waals surface area contributed by atoms with Gasteiger partial charge in [0.25, 0.3) is 5.91 Å². The van der Waals surface area contributed by atoms with Crippen LogP contribution in [0.25, 0.3) is 0 Å². The summed E-state index contributed by atoms with van der Waals surface area (Å²) in [7, 11) is 0. The average Bonchev–Trinajstić information content (AvgIpc) is 2.81. The van der Waals surface area contributed by atoms with E-state index in [0.29, 0.717) is 35.5 Å². The zero-order chi connectivity index (χ0) is 13.1. The van der Waals surface area contributed by atoms with E-state index in [9.17, 15) is 9.59 Å². The summed E-state index contributed by atoms with van der Waals surface area (Å²) in [6.07, 6.45) is 1.69. The van der Waals surface area contributed by atoms with Crippen molar-refractivity contribution in [2.75, 3.05) is 5.32 Å². The SMILES string of the molecule is O=C(O)C1=C(C(=O)Nc2ccc(Cl)cc2)CCC1. The average molecular weight is 266 g/mol. The number of hydrogen-bond donors (Lipinski definition) is 2. The molecule has 0 saturated carbocycles. The van der Waals surface area contributed by atoms with Crippen molar-refractivity contribution in [3.63, 3.8) is 0 Å². The van der Waals surface area contributed by atoms with Crippen LogP contribution in [-0.2, 0) is 9.59 Å². The van der Waals surface area contributed by atoms with Crippen LogP contribution >= 0.6 is 11.6 Å². The van der Waals surface area contributed by atoms with Gasteiger partial charge in [-0.3, -0.25) is 4.79 Å². The standard InChI is InChI=1S/C13H12ClNO3/c14-8-4-6-9(7-5-8)15-12(16)10-2-1-3-11(10)13(17)18/h4-7H,1-3H2,(H,15,16)(H,17,18). The van der Waals surface area contributed by atoms with Crippen molar-refractivity contribution in [1.82, 2.24) is 0 Å². The first-order valence-electron chi connectivity index (χ1n) is 5.60. The molecule has 1 aromatic rings. The zero-order valence-electron chi connectivity index (χ0n) is 9.57. The number of carboxylic acid groups (broad SMARTS) is 1. The van der Waals surface area contributed by atoms with E-state index >= 15 is 0 Å². The third-order valence-electron chi connectivity index (χ3n) is 2.85. The van der Waals surface area contributed by atoms with Crippen molar-refractivity contribution < 1.29 is 14.7 Å². The van der Waals surface area contributed by atoms with Gasteiger partial charge in [0.2, 0.25) is 0 Å². The van der Waals surface area contributed by atoms with Crippen molar-refractivity contribution in [2.45, 2.75) is 19.3 Å². The van der Waals surface area contributed by atoms with Crippen molar-refractivity contribution in [3.05, 3.63) is 40.4 Å². The molecule has 0 bridgehead atoms. The lowest BCUT2D eigenvalue weighted by atomic mass is 10.1. The molecular weight excluding hydrogens is 254 g/mol. The van der Waals surface area contributed by atoms with E-state index in [0.717, 1.165) is 0 Å². The highest BCUT2D eigenvalue weighted by Crippen LogP contribution is 2.27. The van der Waals surface area contributed by atoms with Crippen molar-refractivity contribution >= 4 is 29.2 Å². The molecule has 2 N–H and O–H groups in total. The van der Waals surface area contributed by atoms with Crippen LogP contribution < -0.4 is 5.32 Å². The van der Waals surface area contributed by atoms with Gasteiger partial charge < -0.3 is 10.4 Å². The predicted molar refractivity (Wildman–Crippen MR) is 68.6 cm³/mol. The molecule has 0 aromatic heterocycles. The quantitative estimate of drug-likeness (QED) is 0.883. The maximum Gasteiger partial charge on any atom is 0.332 e. The first kappa shape index (κ1) is 12.6. The van der Waals surface area contributed by atoms with Crippen molar-refractivity contribution in [3.8, 4) is 0 Å². The van der Waals surface area contributed by atoms with E-state index in [4.69, 9.17) is 16.7 Å². The summed E-state index contributed by atoms with van der Waals surface area (Å²) >= 11 is 5.74. The fourth-order valence-electron chi connectivity index (χ4n) is 1.97. The van der Waals surface area contributed by atoms with Crippen LogP contribution in [0.4, 0.5) is 5.69 Å². The van der Waals surface area contributed by atoms with Gasteiger partial charge in [0.15, 0.2) is 0 Å². The largest absolute Gasteiger partial charge is 0.478 e. The van der Waals surface area contributed by atoms with Crippen molar-refractivity contribution in [2.24, 2.45) is 0 Å². The Morgan fingerprint density at radius 1 is 1.11 bits per heavy atom. The molecule has 0 radical (unpaired) electrons. The maximum absolute atomic E-state index is 11.9. The molecule has 0 atom stereocenters. The summed E-state index contributed by atoms with van der Waals surface area (Å²) in [5.74, 6) is -1.35. The molecule has 2 rings (SSSR count). The molecule has 0 unspecified atom stereocenters. The molecule has 0 saturated heterocycles. The Balaban J connectivity index is 2.15. The Bertz CT molecular complexity index is 520. The van der Waals surface area contributed by atoms with Gasteiger partial charge in [-0.25, -0.2) is 4.79 Å². The van der Waals surface area contributed by atoms with Gasteiger partial charge >= 0.3 is 5.97 Å². The molecule has 4 nitrogen and oxygen atoms in total. The molecule has 1 aliphatic carbocycles. The van der Waals surface area contributed by atoms with Crippen LogP contribution in [0.5, 0.6) is 0 Å². The van der Waals surface area contributed by atoms with Crippen LogP contribution in [0.3, 0.4) is 0 Å². The summed E-state index contributed by atoms with van der Waals surface area (Å²) in [4.78, 5) is 22.9. The molecule has 0 heterocycles. The van der Waals surface area contributed by atoms with Crippen LogP contribution in [-0.4, -0.2) is 17.0 Å². The number of rotatable bonds is 3. The fraction of sp³-hybridized carbons (Fsp3) is 0.231. The van der Waals surface area contributed by atoms with Gasteiger partial charge in [-0.15, -0.1) is 0 Å². The molecule has 1 amide bonds. The van der Waals surface area contributed by atoms with Crippen LogP contribution in [0.2, 0.25) is 5.02 Å². The van der Waals surface area contributed by atoms with E-state index < -0.39 is 5.97 Å². The van der Waals surface area contributed by atoms with Crippen LogP contribution in [0, 0.1) is 0 Å². The molecule has 0 fully saturated rings. The number of carbonyl (C=O) groups excluding carboxylic acids is 1. The van der Waals surface area contributed by atoms with Gasteiger partial charge in [-0.1, -0.05) is 11.6 Å². The van der Waals surface area contributed by atoms with Gasteiger partial charge in [0.1, 0.15) is 0 Å². The number of aliphatic carboxylic acids is 1. The minimum Gasteiger partial charge on any atom is -0.478 e. The summed E-state index contributed by atoms with van der Waals surface area (Å²) in [5, 5.41) is 12.2. The molecular formula is C13H12ClNO3. The number of benzene rings is 1. The van der Waals surface area contributed by atoms with E-state index in [2.05, 4.69) is 5.32 Å². The summed E-state index contributed by atoms with van der Waals surface area (Å²) in [5.41, 5.74) is 1.20. The molecule has 5 heteroatoms. The lowest BCUT2D eigenvalue weighted by Crippen LogP contribution is -2.16. The van der Waals surface area contributed by atoms with E-state index in [-0.39, 0.29) is 11.5 Å². The van der Waals surface area contributed by atoms with Gasteiger partial charge in [0.05, 0.1) is 0 Å². The Kier molecular flexibility index (Phi) is 3.67. The number of carbonyl (C=O) groups is 2. The Morgan fingerprint density at radius 2 is 1.72 bits per heavy atom. The smallest absolute Gasteiger partial charge is 0.332 e. The minimum absolute atomic E-state index is 0.224. The van der Waals surface area contributed by atoms with Crippen LogP contribution in [0.1, 0.15) is 19.3 Å². The number of amides is 1. The normalized spacial score (nSPS) is 14.7. The lowest BCUT2D eigenvalue weighted by molar-refractivity contribution is -0.133. The number of nitrogens with one attached hydrogen (secondary N) is 1. The monoisotopic (exact) mass is 265 g/mol. The maximum atomic E-state index is 11.9. The van der Waals surface area contributed by atoms with Gasteiger partial charge in [-0.05, 0) is 43.5 Å². The molecule has 94 valence electrons. The topological polar surface area (TPSA) is 66.4 Å². The Labute approximate surface area is 109 Å². The number of anilines is 1. The predicted octanol–water partition coefficient (Wildman–Crippen LogP) is 2.84. The van der Waals surface area contributed by atoms with Crippen molar-refractivity contribution in [1.29, 1.82) is 0 Å². The fourth-order valence-corrected chi connectivity index (χ4v) is 2.10. The third kappa shape index (κ3) is 2.71. The van der Waals surface area contributed by atoms with E-state index in [1.807, 2.05) is 0 Å².